The molecule has 2 aliphatic rings. The molecule has 3 aromatic carbocycles. The van der Waals surface area contributed by atoms with Crippen LogP contribution in [-0.4, -0.2) is 65.2 Å². The molecular formula is C26H25F2N3O5S. The van der Waals surface area contributed by atoms with E-state index in [1.807, 2.05) is 4.90 Å². The minimum Gasteiger partial charge on any atom is -0.486 e. The van der Waals surface area contributed by atoms with Crippen LogP contribution in [0.15, 0.2) is 71.6 Å². The first-order valence-corrected chi connectivity index (χ1v) is 13.2. The Morgan fingerprint density at radius 3 is 2.24 bits per heavy atom. The molecule has 8 nitrogen and oxygen atoms in total. The molecule has 1 fully saturated rings. The van der Waals surface area contributed by atoms with Gasteiger partial charge in [0.05, 0.1) is 16.3 Å². The topological polar surface area (TPSA) is 79.4 Å². The van der Waals surface area contributed by atoms with E-state index < -0.39 is 28.3 Å². The van der Waals surface area contributed by atoms with Crippen molar-refractivity contribution in [2.45, 2.75) is 4.90 Å². The first-order chi connectivity index (χ1) is 17.8. The summed E-state index contributed by atoms with van der Waals surface area (Å²) in [5.74, 6) is -0.561. The van der Waals surface area contributed by atoms with E-state index in [9.17, 15) is 22.0 Å². The SMILES string of the molecule is O=C(CN(c1ccc(F)cc1)S(=O)(=O)c1ccc2c(c1)OCCO2)N1CCN(c2ccccc2F)CC1. The van der Waals surface area contributed by atoms with Crippen molar-refractivity contribution in [3.63, 3.8) is 0 Å². The fourth-order valence-corrected chi connectivity index (χ4v) is 5.79. The van der Waals surface area contributed by atoms with Crippen molar-refractivity contribution in [3.8, 4) is 11.5 Å². The van der Waals surface area contributed by atoms with E-state index in [-0.39, 0.29) is 23.0 Å². The molecule has 11 heteroatoms. The summed E-state index contributed by atoms with van der Waals surface area (Å²) in [7, 11) is -4.23. The normalized spacial score (nSPS) is 15.4. The Morgan fingerprint density at radius 2 is 1.54 bits per heavy atom. The molecule has 0 aromatic heterocycles. The second-order valence-corrected chi connectivity index (χ2v) is 10.5. The molecule has 0 saturated carbocycles. The Hall–Kier alpha value is -3.86. The number of para-hydroxylation sites is 1. The van der Waals surface area contributed by atoms with E-state index in [0.717, 1.165) is 16.4 Å². The van der Waals surface area contributed by atoms with E-state index in [1.165, 1.54) is 36.4 Å². The summed E-state index contributed by atoms with van der Waals surface area (Å²) in [6.07, 6.45) is 0. The highest BCUT2D eigenvalue weighted by Gasteiger charge is 2.31. The van der Waals surface area contributed by atoms with Gasteiger partial charge in [-0.1, -0.05) is 12.1 Å². The molecule has 0 atom stereocenters. The number of rotatable bonds is 6. The maximum Gasteiger partial charge on any atom is 0.264 e. The quantitative estimate of drug-likeness (QED) is 0.488. The minimum atomic E-state index is -4.23. The van der Waals surface area contributed by atoms with Gasteiger partial charge in [0.25, 0.3) is 10.0 Å². The zero-order chi connectivity index (χ0) is 26.0. The van der Waals surface area contributed by atoms with Crippen LogP contribution in [0.3, 0.4) is 0 Å². The van der Waals surface area contributed by atoms with Crippen molar-refractivity contribution >= 4 is 27.3 Å². The van der Waals surface area contributed by atoms with Crippen LogP contribution >= 0.6 is 0 Å². The summed E-state index contributed by atoms with van der Waals surface area (Å²) in [6, 6.07) is 15.6. The number of sulfonamides is 1. The fraction of sp³-hybridized carbons (Fsp3) is 0.269. The number of fused-ring (bicyclic) bond motifs is 1. The van der Waals surface area contributed by atoms with Gasteiger partial charge in [-0.15, -0.1) is 0 Å². The molecule has 2 heterocycles. The lowest BCUT2D eigenvalue weighted by molar-refractivity contribution is -0.129. The van der Waals surface area contributed by atoms with Gasteiger partial charge in [-0.3, -0.25) is 9.10 Å². The van der Waals surface area contributed by atoms with Gasteiger partial charge >= 0.3 is 0 Å². The predicted molar refractivity (Wildman–Crippen MR) is 134 cm³/mol. The number of amides is 1. The Morgan fingerprint density at radius 1 is 0.865 bits per heavy atom. The van der Waals surface area contributed by atoms with Crippen LogP contribution in [0.1, 0.15) is 0 Å². The molecule has 1 saturated heterocycles. The maximum absolute atomic E-state index is 14.2. The Balaban J connectivity index is 1.37. The van der Waals surface area contributed by atoms with Crippen LogP contribution in [0.2, 0.25) is 0 Å². The fourth-order valence-electron chi connectivity index (χ4n) is 4.36. The molecule has 37 heavy (non-hydrogen) atoms. The highest BCUT2D eigenvalue weighted by Crippen LogP contribution is 2.34. The molecule has 194 valence electrons. The summed E-state index contributed by atoms with van der Waals surface area (Å²) in [5.41, 5.74) is 0.610. The van der Waals surface area contributed by atoms with Crippen molar-refractivity contribution in [2.75, 3.05) is 55.1 Å². The van der Waals surface area contributed by atoms with Gasteiger partial charge in [-0.2, -0.15) is 0 Å². The summed E-state index contributed by atoms with van der Waals surface area (Å²) in [5, 5.41) is 0. The number of hydrogen-bond acceptors (Lipinski definition) is 6. The third kappa shape index (κ3) is 5.17. The number of benzene rings is 3. The van der Waals surface area contributed by atoms with Crippen LogP contribution in [-0.2, 0) is 14.8 Å². The molecule has 2 aliphatic heterocycles. The number of carbonyl (C=O) groups is 1. The van der Waals surface area contributed by atoms with E-state index >= 15 is 0 Å². The van der Waals surface area contributed by atoms with Gasteiger partial charge in [0.15, 0.2) is 11.5 Å². The third-order valence-electron chi connectivity index (χ3n) is 6.32. The maximum atomic E-state index is 14.2. The average molecular weight is 530 g/mol. The summed E-state index contributed by atoms with van der Waals surface area (Å²) in [4.78, 5) is 16.6. The summed E-state index contributed by atoms with van der Waals surface area (Å²) < 4.78 is 67.2. The molecule has 0 unspecified atom stereocenters. The summed E-state index contributed by atoms with van der Waals surface area (Å²) in [6.45, 7) is 1.57. The van der Waals surface area contributed by atoms with Gasteiger partial charge < -0.3 is 19.3 Å². The monoisotopic (exact) mass is 529 g/mol. The van der Waals surface area contributed by atoms with Crippen LogP contribution < -0.4 is 18.7 Å². The summed E-state index contributed by atoms with van der Waals surface area (Å²) >= 11 is 0. The first-order valence-electron chi connectivity index (χ1n) is 11.8. The van der Waals surface area contributed by atoms with Gasteiger partial charge in [-0.25, -0.2) is 17.2 Å². The number of halogens is 2. The van der Waals surface area contributed by atoms with Gasteiger partial charge in [0.1, 0.15) is 31.4 Å². The first kappa shape index (κ1) is 24.8. The van der Waals surface area contributed by atoms with E-state index in [1.54, 1.807) is 23.1 Å². The highest BCUT2D eigenvalue weighted by atomic mass is 32.2. The lowest BCUT2D eigenvalue weighted by Gasteiger charge is -2.37. The lowest BCUT2D eigenvalue weighted by Crippen LogP contribution is -2.52. The lowest BCUT2D eigenvalue weighted by atomic mass is 10.2. The second-order valence-electron chi connectivity index (χ2n) is 8.61. The molecule has 1 amide bonds. The number of nitrogens with zero attached hydrogens (tertiary/aromatic N) is 3. The molecular weight excluding hydrogens is 504 g/mol. The number of carbonyl (C=O) groups excluding carboxylic acids is 1. The van der Waals surface area contributed by atoms with Crippen molar-refractivity contribution in [3.05, 3.63) is 78.4 Å². The van der Waals surface area contributed by atoms with E-state index in [0.29, 0.717) is 50.0 Å². The molecule has 0 bridgehead atoms. The molecule has 0 aliphatic carbocycles. The number of piperazine rings is 1. The smallest absolute Gasteiger partial charge is 0.264 e. The number of anilines is 2. The second kappa shape index (κ2) is 10.3. The molecule has 0 spiro atoms. The van der Waals surface area contributed by atoms with Crippen molar-refractivity contribution in [1.82, 2.24) is 4.90 Å². The van der Waals surface area contributed by atoms with Crippen molar-refractivity contribution < 1.29 is 31.5 Å². The average Bonchev–Trinajstić information content (AvgIpc) is 2.92. The third-order valence-corrected chi connectivity index (χ3v) is 8.09. The van der Waals surface area contributed by atoms with E-state index in [4.69, 9.17) is 9.47 Å². The van der Waals surface area contributed by atoms with Crippen LogP contribution in [0.25, 0.3) is 0 Å². The standard InChI is InChI=1S/C26H25F2N3O5S/c27-19-5-7-20(8-6-19)31(37(33,34)21-9-10-24-25(17-21)36-16-15-35-24)18-26(32)30-13-11-29(12-14-30)23-4-2-1-3-22(23)28/h1-10,17H,11-16,18H2. The molecule has 3 aromatic rings. The molecule has 0 radical (unpaired) electrons. The molecule has 5 rings (SSSR count). The molecule has 0 N–H and O–H groups in total. The van der Waals surface area contributed by atoms with Crippen LogP contribution in [0, 0.1) is 11.6 Å². The Bertz CT molecular complexity index is 1390. The Labute approximate surface area is 213 Å². The van der Waals surface area contributed by atoms with E-state index in [2.05, 4.69) is 0 Å². The van der Waals surface area contributed by atoms with Crippen molar-refractivity contribution in [2.24, 2.45) is 0 Å². The zero-order valence-electron chi connectivity index (χ0n) is 19.8. The van der Waals surface area contributed by atoms with Crippen LogP contribution in [0.5, 0.6) is 11.5 Å². The largest absolute Gasteiger partial charge is 0.486 e. The van der Waals surface area contributed by atoms with Crippen molar-refractivity contribution in [1.29, 1.82) is 0 Å². The zero-order valence-corrected chi connectivity index (χ0v) is 20.7. The number of ether oxygens (including phenoxy) is 2. The number of hydrogen-bond donors (Lipinski definition) is 0. The van der Waals surface area contributed by atoms with Gasteiger partial charge in [0, 0.05) is 32.2 Å². The van der Waals surface area contributed by atoms with Gasteiger partial charge in [0.2, 0.25) is 5.91 Å². The van der Waals surface area contributed by atoms with Gasteiger partial charge in [-0.05, 0) is 48.5 Å². The van der Waals surface area contributed by atoms with Crippen LogP contribution in [0.4, 0.5) is 20.2 Å². The predicted octanol–water partition coefficient (Wildman–Crippen LogP) is 3.28. The Kier molecular flexibility index (Phi) is 6.88. The minimum absolute atomic E-state index is 0.0850. The highest BCUT2D eigenvalue weighted by molar-refractivity contribution is 7.92.